The first-order valence-corrected chi connectivity index (χ1v) is 6.15. The number of benzene rings is 1. The smallest absolute Gasteiger partial charge is 0.412 e. The van der Waals surface area contributed by atoms with Crippen LogP contribution in [0.2, 0.25) is 0 Å². The van der Waals surface area contributed by atoms with E-state index in [1.807, 2.05) is 0 Å². The maximum absolute atomic E-state index is 12.9. The first kappa shape index (κ1) is 15.9. The quantitative estimate of drug-likeness (QED) is 0.863. The maximum Gasteiger partial charge on any atom is 0.412 e. The lowest BCUT2D eigenvalue weighted by molar-refractivity contribution is 0.0549. The predicted molar refractivity (Wildman–Crippen MR) is 77.4 cm³/mol. The summed E-state index contributed by atoms with van der Waals surface area (Å²) in [5.74, 6) is -0.338. The summed E-state index contributed by atoms with van der Waals surface area (Å²) < 4.78 is 18.0. The summed E-state index contributed by atoms with van der Waals surface area (Å²) in [6, 6.07) is 5.78. The van der Waals surface area contributed by atoms with Gasteiger partial charge in [-0.15, -0.1) is 0 Å². The van der Waals surface area contributed by atoms with Crippen molar-refractivity contribution in [3.63, 3.8) is 0 Å². The Morgan fingerprint density at radius 3 is 2.30 bits per heavy atom. The number of nitrogens with one attached hydrogen (secondary N) is 1. The minimum Gasteiger partial charge on any atom is -0.444 e. The lowest BCUT2D eigenvalue weighted by Gasteiger charge is -2.20. The van der Waals surface area contributed by atoms with E-state index in [9.17, 15) is 9.18 Å². The van der Waals surface area contributed by atoms with E-state index >= 15 is 0 Å². The van der Waals surface area contributed by atoms with Gasteiger partial charge in [0, 0.05) is 12.6 Å². The second-order valence-corrected chi connectivity index (χ2v) is 5.18. The SMILES string of the molecule is C=C(NC(=O)OC(C)(C)C)C(=NC)c1ccc(F)cc1. The van der Waals surface area contributed by atoms with Gasteiger partial charge >= 0.3 is 6.09 Å². The van der Waals surface area contributed by atoms with Gasteiger partial charge < -0.3 is 4.74 Å². The van der Waals surface area contributed by atoms with E-state index in [0.717, 1.165) is 0 Å². The van der Waals surface area contributed by atoms with E-state index in [0.29, 0.717) is 17.0 Å². The van der Waals surface area contributed by atoms with Gasteiger partial charge in [-0.3, -0.25) is 10.3 Å². The molecule has 1 N–H and O–H groups in total. The van der Waals surface area contributed by atoms with Gasteiger partial charge in [0.25, 0.3) is 0 Å². The molecule has 0 aromatic heterocycles. The zero-order valence-corrected chi connectivity index (χ0v) is 12.2. The van der Waals surface area contributed by atoms with Crippen molar-refractivity contribution < 1.29 is 13.9 Å². The number of carbonyl (C=O) groups excluding carboxylic acids is 1. The number of rotatable bonds is 3. The number of nitrogens with zero attached hydrogens (tertiary/aromatic N) is 1. The molecule has 0 unspecified atom stereocenters. The summed E-state index contributed by atoms with van der Waals surface area (Å²) in [7, 11) is 1.57. The van der Waals surface area contributed by atoms with Crippen LogP contribution in [0.15, 0.2) is 41.5 Å². The van der Waals surface area contributed by atoms with Crippen molar-refractivity contribution in [1.82, 2.24) is 5.32 Å². The Bertz CT molecular complexity index is 528. The van der Waals surface area contributed by atoms with Gasteiger partial charge in [-0.25, -0.2) is 9.18 Å². The average Bonchev–Trinajstić information content (AvgIpc) is 2.29. The number of hydrogen-bond acceptors (Lipinski definition) is 3. The van der Waals surface area contributed by atoms with Crippen molar-refractivity contribution in [1.29, 1.82) is 0 Å². The van der Waals surface area contributed by atoms with E-state index in [2.05, 4.69) is 16.9 Å². The van der Waals surface area contributed by atoms with Crippen LogP contribution in [0.4, 0.5) is 9.18 Å². The average molecular weight is 278 g/mol. The maximum atomic E-state index is 12.9. The number of aliphatic imine (C=N–C) groups is 1. The Morgan fingerprint density at radius 2 is 1.85 bits per heavy atom. The van der Waals surface area contributed by atoms with Crippen LogP contribution in [-0.2, 0) is 4.74 Å². The summed E-state index contributed by atoms with van der Waals surface area (Å²) in [4.78, 5) is 15.7. The van der Waals surface area contributed by atoms with Crippen LogP contribution < -0.4 is 5.32 Å². The third kappa shape index (κ3) is 4.84. The fraction of sp³-hybridized carbons (Fsp3) is 0.333. The Balaban J connectivity index is 2.79. The highest BCUT2D eigenvalue weighted by Crippen LogP contribution is 2.10. The van der Waals surface area contributed by atoms with Crippen LogP contribution in [0.25, 0.3) is 0 Å². The number of halogens is 1. The van der Waals surface area contributed by atoms with E-state index in [1.54, 1.807) is 40.0 Å². The monoisotopic (exact) mass is 278 g/mol. The van der Waals surface area contributed by atoms with E-state index in [4.69, 9.17) is 4.74 Å². The molecule has 0 spiro atoms. The summed E-state index contributed by atoms with van der Waals surface area (Å²) in [6.45, 7) is 9.06. The van der Waals surface area contributed by atoms with Gasteiger partial charge in [-0.05, 0) is 45.0 Å². The molecule has 1 rings (SSSR count). The molecule has 0 fully saturated rings. The number of ether oxygens (including phenoxy) is 1. The topological polar surface area (TPSA) is 50.7 Å². The number of carbonyl (C=O) groups is 1. The van der Waals surface area contributed by atoms with Crippen LogP contribution in [0.5, 0.6) is 0 Å². The molecule has 20 heavy (non-hydrogen) atoms. The highest BCUT2D eigenvalue weighted by Gasteiger charge is 2.18. The third-order valence-corrected chi connectivity index (χ3v) is 2.28. The fourth-order valence-corrected chi connectivity index (χ4v) is 1.53. The molecule has 0 aliphatic rings. The van der Waals surface area contributed by atoms with Crippen LogP contribution in [0, 0.1) is 5.82 Å². The zero-order chi connectivity index (χ0) is 15.3. The molecule has 1 aromatic rings. The standard InChI is InChI=1S/C15H19FN2O2/c1-10(18-14(19)20-15(2,3)4)13(17-5)11-6-8-12(16)9-7-11/h6-9H,1H2,2-5H3,(H,18,19). The summed E-state index contributed by atoms with van der Waals surface area (Å²) in [5.41, 5.74) is 0.836. The van der Waals surface area contributed by atoms with Crippen molar-refractivity contribution >= 4 is 11.8 Å². The van der Waals surface area contributed by atoms with Crippen molar-refractivity contribution in [2.45, 2.75) is 26.4 Å². The van der Waals surface area contributed by atoms with Crippen molar-refractivity contribution in [2.75, 3.05) is 7.05 Å². The molecular formula is C15H19FN2O2. The van der Waals surface area contributed by atoms with Crippen LogP contribution in [-0.4, -0.2) is 24.5 Å². The highest BCUT2D eigenvalue weighted by atomic mass is 19.1. The van der Waals surface area contributed by atoms with Gasteiger partial charge in [0.05, 0.1) is 11.4 Å². The zero-order valence-electron chi connectivity index (χ0n) is 12.2. The Hall–Kier alpha value is -2.17. The Kier molecular flexibility index (Phi) is 5.02. The lowest BCUT2D eigenvalue weighted by Crippen LogP contribution is -2.34. The minimum absolute atomic E-state index is 0.299. The second kappa shape index (κ2) is 6.32. The van der Waals surface area contributed by atoms with Crippen molar-refractivity contribution in [3.05, 3.63) is 47.9 Å². The Morgan fingerprint density at radius 1 is 1.30 bits per heavy atom. The van der Waals surface area contributed by atoms with Gasteiger partial charge in [-0.1, -0.05) is 6.58 Å². The van der Waals surface area contributed by atoms with E-state index < -0.39 is 11.7 Å². The van der Waals surface area contributed by atoms with Crippen LogP contribution in [0.1, 0.15) is 26.3 Å². The van der Waals surface area contributed by atoms with Gasteiger partial charge in [0.2, 0.25) is 0 Å². The molecule has 4 nitrogen and oxygen atoms in total. The summed E-state index contributed by atoms with van der Waals surface area (Å²) >= 11 is 0. The normalized spacial score (nSPS) is 11.9. The molecule has 0 aliphatic heterocycles. The van der Waals surface area contributed by atoms with Crippen molar-refractivity contribution in [3.8, 4) is 0 Å². The predicted octanol–water partition coefficient (Wildman–Crippen LogP) is 3.28. The molecule has 0 bridgehead atoms. The minimum atomic E-state index is -0.606. The summed E-state index contributed by atoms with van der Waals surface area (Å²) in [5, 5.41) is 2.52. The molecule has 1 aromatic carbocycles. The molecule has 0 radical (unpaired) electrons. The largest absolute Gasteiger partial charge is 0.444 e. The first-order valence-electron chi connectivity index (χ1n) is 6.15. The molecule has 108 valence electrons. The molecular weight excluding hydrogens is 259 g/mol. The van der Waals surface area contributed by atoms with Crippen molar-refractivity contribution in [2.24, 2.45) is 4.99 Å². The Labute approximate surface area is 118 Å². The number of amides is 1. The van der Waals surface area contributed by atoms with Gasteiger partial charge in [-0.2, -0.15) is 0 Å². The molecule has 0 aliphatic carbocycles. The van der Waals surface area contributed by atoms with Gasteiger partial charge in [0.1, 0.15) is 11.4 Å². The molecule has 5 heteroatoms. The summed E-state index contributed by atoms with van der Waals surface area (Å²) in [6.07, 6.45) is -0.606. The highest BCUT2D eigenvalue weighted by molar-refractivity contribution is 6.13. The molecule has 0 saturated heterocycles. The van der Waals surface area contributed by atoms with E-state index in [-0.39, 0.29) is 5.82 Å². The molecule has 0 saturated carbocycles. The molecule has 1 amide bonds. The third-order valence-electron chi connectivity index (χ3n) is 2.28. The lowest BCUT2D eigenvalue weighted by atomic mass is 10.1. The number of allylic oxidation sites excluding steroid dienone is 1. The molecule has 0 heterocycles. The first-order chi connectivity index (χ1) is 9.23. The van der Waals surface area contributed by atoms with Crippen LogP contribution in [0.3, 0.4) is 0 Å². The second-order valence-electron chi connectivity index (χ2n) is 5.18. The van der Waals surface area contributed by atoms with Gasteiger partial charge in [0.15, 0.2) is 0 Å². The number of hydrogen-bond donors (Lipinski definition) is 1. The van der Waals surface area contributed by atoms with E-state index in [1.165, 1.54) is 12.1 Å². The van der Waals surface area contributed by atoms with Crippen LogP contribution >= 0.6 is 0 Å². The fourth-order valence-electron chi connectivity index (χ4n) is 1.53. The number of alkyl carbamates (subject to hydrolysis) is 1. The molecule has 0 atom stereocenters.